The number of methoxy groups -OCH3 is 1. The number of thiazole rings is 1. The van der Waals surface area contributed by atoms with Gasteiger partial charge < -0.3 is 59.4 Å². The molecule has 2 aromatic carbocycles. The number of nitrogens with one attached hydrogen (secondary N) is 1. The molecular weight excluding hydrogens is 1060 g/mol. The van der Waals surface area contributed by atoms with Crippen molar-refractivity contribution in [2.75, 3.05) is 79.9 Å². The summed E-state index contributed by atoms with van der Waals surface area (Å²) < 4.78 is 24.9. The highest BCUT2D eigenvalue weighted by molar-refractivity contribution is 7.13. The number of rotatable bonds is 18. The number of carbonyl (C=O) groups excluding carboxylic acids is 2. The van der Waals surface area contributed by atoms with E-state index in [-0.39, 0.29) is 53.9 Å². The van der Waals surface area contributed by atoms with E-state index in [0.717, 1.165) is 136 Å². The standard InChI is InChI=1S/C62H78N12O7S/c1-37(2)58(62(77)73-35-49(78-5)29-53(73)61(76)66-38(3)41-10-12-42(13-11-41)59-39(4)65-36-82-59)55-31-56(69-81-55)71-24-17-40(18-25-71)32-70-22-19-46(20-23-70)79-47-27-48(28-47)80-57-26-43(16-21-64-57)74-44-14-15-45(74)34-72(33-44)52-30-51(67-68-60(52)63)50-8-6-7-9-54(50)75/h6-13,16,21,26,30-31,36-38,40,44-49,53,58,75H,14-15,17-20,22-25,27-29,32-35H2,1-5H3,(H2,63,68)(H,66,76)/t38-,44?,45?,47-,48-,49+,53-,58+/m0/s1. The van der Waals surface area contributed by atoms with Crippen molar-refractivity contribution >= 4 is 46.2 Å². The van der Waals surface area contributed by atoms with E-state index in [9.17, 15) is 14.7 Å². The number of phenols is 1. The van der Waals surface area contributed by atoms with Gasteiger partial charge in [-0.15, -0.1) is 21.5 Å². The number of piperidine rings is 2. The molecule has 434 valence electrons. The number of anilines is 4. The van der Waals surface area contributed by atoms with Crippen molar-refractivity contribution in [3.8, 4) is 33.3 Å². The Morgan fingerprint density at radius 1 is 0.829 bits per heavy atom. The van der Waals surface area contributed by atoms with E-state index in [0.29, 0.717) is 59.7 Å². The molecule has 4 N–H and O–H groups in total. The highest BCUT2D eigenvalue weighted by Crippen LogP contribution is 2.41. The first-order valence-corrected chi connectivity index (χ1v) is 30.5. The third-order valence-electron chi connectivity index (χ3n) is 18.2. The number of ether oxygens (including phenoxy) is 3. The average molecular weight is 1140 g/mol. The van der Waals surface area contributed by atoms with Crippen molar-refractivity contribution in [3.05, 3.63) is 102 Å². The summed E-state index contributed by atoms with van der Waals surface area (Å²) in [6.07, 6.45) is 10.7. The fraction of sp³-hybridized carbons (Fsp3) is 0.532. The number of aromatic hydroxyl groups is 1. The van der Waals surface area contributed by atoms with E-state index < -0.39 is 12.0 Å². The van der Waals surface area contributed by atoms with Crippen LogP contribution in [0.4, 0.5) is 23.0 Å². The molecule has 12 rings (SSSR count). The van der Waals surface area contributed by atoms with E-state index in [4.69, 9.17) is 24.5 Å². The van der Waals surface area contributed by atoms with Crippen molar-refractivity contribution in [2.45, 2.75) is 140 Å². The average Bonchev–Trinajstić information content (AvgIpc) is 4.29. The number of fused-ring (bicyclic) bond motifs is 2. The van der Waals surface area contributed by atoms with Crippen molar-refractivity contribution in [3.63, 3.8) is 0 Å². The van der Waals surface area contributed by atoms with Crippen molar-refractivity contribution in [1.82, 2.24) is 40.4 Å². The summed E-state index contributed by atoms with van der Waals surface area (Å²) in [5.74, 6) is 2.09. The number of pyridine rings is 1. The molecule has 1 aliphatic carbocycles. The second-order valence-corrected chi connectivity index (χ2v) is 24.8. The molecule has 82 heavy (non-hydrogen) atoms. The Bertz CT molecular complexity index is 3160. The number of likely N-dealkylation sites (tertiary alicyclic amines) is 2. The second-order valence-electron chi connectivity index (χ2n) is 24.0. The molecule has 9 heterocycles. The molecule has 2 bridgehead atoms. The molecule has 2 unspecified atom stereocenters. The lowest BCUT2D eigenvalue weighted by atomic mass is 9.91. The summed E-state index contributed by atoms with van der Waals surface area (Å²) in [4.78, 5) is 50.2. The Labute approximate surface area is 484 Å². The largest absolute Gasteiger partial charge is 0.507 e. The van der Waals surface area contributed by atoms with E-state index in [1.54, 1.807) is 35.5 Å². The molecule has 5 aliphatic heterocycles. The molecule has 2 amide bonds. The molecule has 20 heteroatoms. The van der Waals surface area contributed by atoms with Crippen LogP contribution in [0, 0.1) is 18.8 Å². The Morgan fingerprint density at radius 2 is 1.59 bits per heavy atom. The van der Waals surface area contributed by atoms with Crippen LogP contribution in [0.15, 0.2) is 89.0 Å². The third kappa shape index (κ3) is 11.9. The molecule has 6 aromatic rings. The quantitative estimate of drug-likeness (QED) is 0.0734. The van der Waals surface area contributed by atoms with E-state index in [1.807, 2.05) is 75.8 Å². The van der Waals surface area contributed by atoms with Gasteiger partial charge >= 0.3 is 0 Å². The molecule has 6 atom stereocenters. The van der Waals surface area contributed by atoms with E-state index in [2.05, 4.69) is 74.5 Å². The van der Waals surface area contributed by atoms with Crippen LogP contribution in [0.1, 0.15) is 108 Å². The predicted octanol–water partition coefficient (Wildman–Crippen LogP) is 8.64. The molecule has 1 saturated carbocycles. The second kappa shape index (κ2) is 24.1. The number of hydrogen-bond donors (Lipinski definition) is 3. The van der Waals surface area contributed by atoms with Crippen molar-refractivity contribution in [1.29, 1.82) is 0 Å². The number of aromatic nitrogens is 5. The third-order valence-corrected chi connectivity index (χ3v) is 19.2. The molecular formula is C62H78N12O7S. The Balaban J connectivity index is 0.568. The van der Waals surface area contributed by atoms with Gasteiger partial charge in [-0.05, 0) is 99.6 Å². The summed E-state index contributed by atoms with van der Waals surface area (Å²) in [5.41, 5.74) is 14.6. The number of benzene rings is 2. The first-order chi connectivity index (χ1) is 39.8. The molecule has 4 aromatic heterocycles. The zero-order valence-electron chi connectivity index (χ0n) is 47.8. The normalized spacial score (nSPS) is 24.2. The summed E-state index contributed by atoms with van der Waals surface area (Å²) in [7, 11) is 1.64. The maximum atomic E-state index is 14.6. The number of amides is 2. The van der Waals surface area contributed by atoms with Crippen LogP contribution in [0.2, 0.25) is 0 Å². The molecule has 0 radical (unpaired) electrons. The van der Waals surface area contributed by atoms with Crippen LogP contribution in [0.5, 0.6) is 11.6 Å². The van der Waals surface area contributed by atoms with Crippen molar-refractivity contribution in [2.24, 2.45) is 11.8 Å². The summed E-state index contributed by atoms with van der Waals surface area (Å²) >= 11 is 1.61. The number of nitrogens with two attached hydrogens (primary N) is 1. The van der Waals surface area contributed by atoms with Gasteiger partial charge in [0, 0.05) is 120 Å². The Hall–Kier alpha value is -6.87. The predicted molar refractivity (Wildman–Crippen MR) is 316 cm³/mol. The SMILES string of the molecule is CO[C@@H]1C[C@@H](C(=O)N[C@@H](C)c2ccc(-c3scnc3C)cc2)N(C(=O)[C@@H](c2cc(N3CCC(CN4CCC(O[C@H]5C[C@H](Oc6cc(N7C8CCC7CN(c7cc(-c9ccccc9O)nnc7N)C8)ccn6)C5)CC4)CC3)no2)C(C)C)C1. The number of nitrogens with zero attached hydrogens (tertiary/aromatic N) is 10. The van der Waals surface area contributed by atoms with Crippen molar-refractivity contribution < 1.29 is 33.4 Å². The molecule has 6 aliphatic rings. The number of nitrogen functional groups attached to an aromatic ring is 1. The van der Waals surface area contributed by atoms with Gasteiger partial charge in [-0.2, -0.15) is 0 Å². The topological polar surface area (TPSA) is 214 Å². The smallest absolute Gasteiger partial charge is 0.243 e. The fourth-order valence-electron chi connectivity index (χ4n) is 13.6. The van der Waals surface area contributed by atoms with Crippen LogP contribution in [-0.4, -0.2) is 154 Å². The van der Waals surface area contributed by atoms with Gasteiger partial charge in [0.05, 0.1) is 51.8 Å². The summed E-state index contributed by atoms with van der Waals surface area (Å²) in [5, 5.41) is 26.8. The first-order valence-electron chi connectivity index (χ1n) is 29.6. The number of aryl methyl sites for hydroxylation is 1. The Kier molecular flexibility index (Phi) is 16.4. The van der Waals surface area contributed by atoms with E-state index >= 15 is 0 Å². The number of para-hydroxylation sites is 1. The highest BCUT2D eigenvalue weighted by atomic mass is 32.1. The zero-order valence-corrected chi connectivity index (χ0v) is 48.6. The lowest BCUT2D eigenvalue weighted by molar-refractivity contribution is -0.141. The van der Waals surface area contributed by atoms with Gasteiger partial charge in [0.2, 0.25) is 17.7 Å². The van der Waals surface area contributed by atoms with Gasteiger partial charge in [0.1, 0.15) is 23.8 Å². The number of carbonyl (C=O) groups is 2. The molecule has 5 saturated heterocycles. The minimum Gasteiger partial charge on any atom is -0.507 e. The van der Waals surface area contributed by atoms with Gasteiger partial charge in [-0.3, -0.25) is 9.59 Å². The molecule has 19 nitrogen and oxygen atoms in total. The summed E-state index contributed by atoms with van der Waals surface area (Å²) in [6.45, 7) is 14.9. The van der Waals surface area contributed by atoms with Crippen LogP contribution in [0.25, 0.3) is 21.7 Å². The molecule has 6 fully saturated rings. The minimum atomic E-state index is -0.671. The van der Waals surface area contributed by atoms with Crippen LogP contribution < -0.4 is 30.5 Å². The summed E-state index contributed by atoms with van der Waals surface area (Å²) in [6, 6.07) is 23.2. The van der Waals surface area contributed by atoms with Gasteiger partial charge in [-0.25, -0.2) is 9.97 Å². The first kappa shape index (κ1) is 55.7. The molecule has 0 spiro atoms. The van der Waals surface area contributed by atoms with Crippen LogP contribution >= 0.6 is 11.3 Å². The number of hydrogen-bond acceptors (Lipinski definition) is 18. The lowest BCUT2D eigenvalue weighted by Crippen LogP contribution is -2.54. The lowest BCUT2D eigenvalue weighted by Gasteiger charge is -2.43. The van der Waals surface area contributed by atoms with Crippen LogP contribution in [0.3, 0.4) is 0 Å². The zero-order chi connectivity index (χ0) is 56.6. The van der Waals surface area contributed by atoms with Gasteiger partial charge in [0.15, 0.2) is 17.4 Å². The van der Waals surface area contributed by atoms with E-state index in [1.165, 1.54) is 0 Å². The van der Waals surface area contributed by atoms with Gasteiger partial charge in [-0.1, -0.05) is 55.4 Å². The fourth-order valence-corrected chi connectivity index (χ4v) is 14.4. The van der Waals surface area contributed by atoms with Crippen LogP contribution in [-0.2, 0) is 19.1 Å². The van der Waals surface area contributed by atoms with Gasteiger partial charge in [0.25, 0.3) is 0 Å². The monoisotopic (exact) mass is 1130 g/mol. The minimum absolute atomic E-state index is 0.0888. The maximum absolute atomic E-state index is 14.6. The number of phenolic OH excluding ortho intramolecular Hbond substituents is 1. The Morgan fingerprint density at radius 3 is 2.29 bits per heavy atom. The number of piperazine rings is 1. The highest BCUT2D eigenvalue weighted by Gasteiger charge is 2.45. The maximum Gasteiger partial charge on any atom is 0.243 e.